The van der Waals surface area contributed by atoms with Gasteiger partial charge in [0.2, 0.25) is 9.83 Å². The molecule has 0 unspecified atom stereocenters. The van der Waals surface area contributed by atoms with Crippen LogP contribution in [0.25, 0.3) is 0 Å². The molecule has 0 bridgehead atoms. The van der Waals surface area contributed by atoms with Gasteiger partial charge in [-0.25, -0.2) is 0 Å². The number of nitrogens with zero attached hydrogens (tertiary/aromatic N) is 1. The molecule has 24 heavy (non-hydrogen) atoms. The normalized spacial score (nSPS) is 14.9. The zero-order valence-corrected chi connectivity index (χ0v) is 15.7. The Morgan fingerprint density at radius 1 is 1.29 bits per heavy atom. The number of methoxy groups -OCH3 is 1. The first kappa shape index (κ1) is 21.2. The van der Waals surface area contributed by atoms with Crippen LogP contribution < -0.4 is 9.46 Å². The van der Waals surface area contributed by atoms with Gasteiger partial charge in [0.1, 0.15) is 18.4 Å². The van der Waals surface area contributed by atoms with Gasteiger partial charge in [-0.1, -0.05) is 46.9 Å². The van der Waals surface area contributed by atoms with Crippen molar-refractivity contribution in [2.24, 2.45) is 0 Å². The second-order valence-corrected chi connectivity index (χ2v) is 8.62. The van der Waals surface area contributed by atoms with E-state index in [0.29, 0.717) is 11.3 Å². The van der Waals surface area contributed by atoms with E-state index < -0.39 is 37.7 Å². The van der Waals surface area contributed by atoms with Crippen molar-refractivity contribution in [3.8, 4) is 5.75 Å². The summed E-state index contributed by atoms with van der Waals surface area (Å²) < 4.78 is 33.6. The number of ether oxygens (including phenoxy) is 1. The van der Waals surface area contributed by atoms with Gasteiger partial charge >= 0.3 is 10.3 Å². The van der Waals surface area contributed by atoms with Gasteiger partial charge in [0.05, 0.1) is 7.11 Å². The number of hydrogen-bond acceptors (Lipinski definition) is 6. The predicted octanol–water partition coefficient (Wildman–Crippen LogP) is 2.62. The highest BCUT2D eigenvalue weighted by Gasteiger charge is 2.34. The molecular formula is C12H15Cl3N2O6S. The Labute approximate surface area is 154 Å². The lowest BCUT2D eigenvalue weighted by Crippen LogP contribution is -2.40. The Bertz CT molecular complexity index is 662. The number of halogens is 3. The van der Waals surface area contributed by atoms with Crippen LogP contribution in [0.3, 0.4) is 0 Å². The van der Waals surface area contributed by atoms with Crippen LogP contribution in [0.5, 0.6) is 5.75 Å². The van der Waals surface area contributed by atoms with Crippen LogP contribution in [0.2, 0.25) is 0 Å². The smallest absolute Gasteiger partial charge is 0.336 e. The molecule has 0 fully saturated rings. The van der Waals surface area contributed by atoms with E-state index in [4.69, 9.17) is 39.5 Å². The van der Waals surface area contributed by atoms with Crippen molar-refractivity contribution < 1.29 is 22.3 Å². The Morgan fingerprint density at radius 3 is 2.25 bits per heavy atom. The van der Waals surface area contributed by atoms with Crippen LogP contribution in [0.1, 0.15) is 18.5 Å². The first-order chi connectivity index (χ1) is 10.9. The minimum atomic E-state index is -4.40. The number of nitrogens with one attached hydrogen (secondary N) is 1. The Kier molecular flexibility index (Phi) is 7.51. The Morgan fingerprint density at radius 2 is 1.83 bits per heavy atom. The van der Waals surface area contributed by atoms with Crippen LogP contribution in [0.4, 0.5) is 0 Å². The molecule has 1 N–H and O–H groups in total. The van der Waals surface area contributed by atoms with E-state index in [2.05, 4.69) is 8.91 Å². The van der Waals surface area contributed by atoms with E-state index in [1.54, 1.807) is 12.1 Å². The number of nitro groups is 1. The van der Waals surface area contributed by atoms with Gasteiger partial charge in [-0.15, -0.1) is 0 Å². The maximum absolute atomic E-state index is 12.0. The second kappa shape index (κ2) is 8.50. The average Bonchev–Trinajstić information content (AvgIpc) is 2.50. The quantitative estimate of drug-likeness (QED) is 0.393. The lowest BCUT2D eigenvalue weighted by Gasteiger charge is -2.21. The highest BCUT2D eigenvalue weighted by atomic mass is 35.6. The first-order valence-electron chi connectivity index (χ1n) is 6.46. The molecule has 136 valence electrons. The number of hydrogen-bond donors (Lipinski definition) is 1. The van der Waals surface area contributed by atoms with Gasteiger partial charge in [0.15, 0.2) is 0 Å². The fourth-order valence-corrected chi connectivity index (χ4v) is 3.11. The predicted molar refractivity (Wildman–Crippen MR) is 90.5 cm³/mol. The number of benzene rings is 1. The summed E-state index contributed by atoms with van der Waals surface area (Å²) in [6, 6.07) is 3.63. The molecule has 0 aliphatic rings. The Hall–Kier alpha value is -0.840. The molecule has 8 nitrogen and oxygen atoms in total. The minimum absolute atomic E-state index is 0.348. The Balaban J connectivity index is 3.03. The van der Waals surface area contributed by atoms with E-state index in [1.807, 2.05) is 0 Å². The zero-order chi connectivity index (χ0) is 18.5. The van der Waals surface area contributed by atoms with Gasteiger partial charge in [-0.2, -0.15) is 13.1 Å². The molecule has 0 radical (unpaired) electrons. The van der Waals surface area contributed by atoms with Crippen LogP contribution >= 0.6 is 34.8 Å². The highest BCUT2D eigenvalue weighted by molar-refractivity contribution is 7.84. The van der Waals surface area contributed by atoms with E-state index in [1.165, 1.54) is 26.2 Å². The topological polar surface area (TPSA) is 108 Å². The van der Waals surface area contributed by atoms with E-state index >= 15 is 0 Å². The number of alkyl halides is 3. The fourth-order valence-electron chi connectivity index (χ4n) is 1.71. The average molecular weight is 422 g/mol. The molecule has 0 amide bonds. The summed E-state index contributed by atoms with van der Waals surface area (Å²) in [6.07, 6.45) is 0. The minimum Gasteiger partial charge on any atom is -0.497 e. The van der Waals surface area contributed by atoms with Gasteiger partial charge in [-0.3, -0.25) is 14.3 Å². The van der Waals surface area contributed by atoms with E-state index in [9.17, 15) is 18.5 Å². The molecule has 0 aromatic heterocycles. The molecular weight excluding hydrogens is 407 g/mol. The maximum atomic E-state index is 12.0. The van der Waals surface area contributed by atoms with Crippen molar-refractivity contribution in [2.45, 2.75) is 22.8 Å². The lowest BCUT2D eigenvalue weighted by atomic mass is 10.0. The van der Waals surface area contributed by atoms with Gasteiger partial charge in [0, 0.05) is 11.8 Å². The highest BCUT2D eigenvalue weighted by Crippen LogP contribution is 2.27. The van der Waals surface area contributed by atoms with Crippen LogP contribution in [0, 0.1) is 10.1 Å². The van der Waals surface area contributed by atoms with Crippen LogP contribution in [-0.4, -0.2) is 36.9 Å². The molecule has 1 rings (SSSR count). The molecule has 0 aliphatic carbocycles. The number of rotatable bonds is 8. The van der Waals surface area contributed by atoms with Crippen molar-refractivity contribution in [2.75, 3.05) is 13.7 Å². The lowest BCUT2D eigenvalue weighted by molar-refractivity contribution is -0.522. The van der Waals surface area contributed by atoms with Gasteiger partial charge < -0.3 is 4.74 Å². The van der Waals surface area contributed by atoms with Gasteiger partial charge in [-0.05, 0) is 17.7 Å². The summed E-state index contributed by atoms with van der Waals surface area (Å²) >= 11 is 16.3. The maximum Gasteiger partial charge on any atom is 0.336 e. The molecule has 2 atom stereocenters. The summed E-state index contributed by atoms with van der Waals surface area (Å²) in [5, 5.41) is 11.1. The molecule has 12 heteroatoms. The second-order valence-electron chi connectivity index (χ2n) is 4.73. The third kappa shape index (κ3) is 6.96. The molecule has 1 aromatic carbocycles. The van der Waals surface area contributed by atoms with Gasteiger partial charge in [0.25, 0.3) is 0 Å². The summed E-state index contributed by atoms with van der Waals surface area (Å²) in [5.41, 5.74) is 0.348. The summed E-state index contributed by atoms with van der Waals surface area (Å²) in [4.78, 5) is 10.5. The largest absolute Gasteiger partial charge is 0.497 e. The SMILES string of the molecule is COc1ccc([C@H](NS(=O)(=O)OCC(Cl)(Cl)Cl)[C@@H](C)[N+](=O)[O-])cc1. The fraction of sp³-hybridized carbons (Fsp3) is 0.500. The first-order valence-corrected chi connectivity index (χ1v) is 9.00. The zero-order valence-electron chi connectivity index (χ0n) is 12.6. The van der Waals surface area contributed by atoms with Crippen molar-refractivity contribution in [3.05, 3.63) is 39.9 Å². The molecule has 0 saturated carbocycles. The van der Waals surface area contributed by atoms with E-state index in [-0.39, 0.29) is 0 Å². The standard InChI is InChI=1S/C12H15Cl3N2O6S/c1-8(17(18)19)11(9-3-5-10(22-2)6-4-9)16-24(20,21)23-7-12(13,14)15/h3-6,8,11,16H,7H2,1-2H3/t8-,11-/m1/s1. The third-order valence-electron chi connectivity index (χ3n) is 2.94. The summed E-state index contributed by atoms with van der Waals surface area (Å²) in [7, 11) is -2.94. The van der Waals surface area contributed by atoms with Crippen molar-refractivity contribution in [1.29, 1.82) is 0 Å². The van der Waals surface area contributed by atoms with Crippen molar-refractivity contribution >= 4 is 45.1 Å². The molecule has 0 spiro atoms. The summed E-state index contributed by atoms with van der Waals surface area (Å²) in [5.74, 6) is 0.515. The molecule has 0 saturated heterocycles. The monoisotopic (exact) mass is 420 g/mol. The van der Waals surface area contributed by atoms with Crippen LogP contribution in [0.15, 0.2) is 24.3 Å². The summed E-state index contributed by atoms with van der Waals surface area (Å²) in [6.45, 7) is 0.515. The van der Waals surface area contributed by atoms with Crippen molar-refractivity contribution in [1.82, 2.24) is 4.72 Å². The molecule has 0 heterocycles. The third-order valence-corrected chi connectivity index (χ3v) is 4.24. The van der Waals surface area contributed by atoms with Crippen LogP contribution in [-0.2, 0) is 14.5 Å². The van der Waals surface area contributed by atoms with E-state index in [0.717, 1.165) is 0 Å². The van der Waals surface area contributed by atoms with Crippen molar-refractivity contribution in [3.63, 3.8) is 0 Å². The molecule has 0 aliphatic heterocycles. The molecule has 1 aromatic rings.